The van der Waals surface area contributed by atoms with Crippen LogP contribution in [0.4, 0.5) is 10.1 Å². The first kappa shape index (κ1) is 21.6. The fourth-order valence-corrected chi connectivity index (χ4v) is 4.66. The number of sulfonamides is 1. The van der Waals surface area contributed by atoms with Crippen LogP contribution in [0, 0.1) is 5.82 Å². The van der Waals surface area contributed by atoms with Gasteiger partial charge in [-0.15, -0.1) is 0 Å². The lowest BCUT2D eigenvalue weighted by Gasteiger charge is -2.27. The van der Waals surface area contributed by atoms with Crippen molar-refractivity contribution in [1.29, 1.82) is 0 Å². The van der Waals surface area contributed by atoms with Gasteiger partial charge in [0.2, 0.25) is 5.91 Å². The molecule has 1 aliphatic rings. The number of nitrogens with one attached hydrogen (secondary N) is 1. The molecular formula is C23H21FN2O5S. The van der Waals surface area contributed by atoms with Crippen molar-refractivity contribution >= 4 is 21.6 Å². The predicted octanol–water partition coefficient (Wildman–Crippen LogP) is 2.98. The predicted molar refractivity (Wildman–Crippen MR) is 117 cm³/mol. The zero-order valence-corrected chi connectivity index (χ0v) is 17.8. The summed E-state index contributed by atoms with van der Waals surface area (Å²) in [4.78, 5) is 12.7. The normalized spacial score (nSPS) is 15.1. The number of rotatable bonds is 7. The molecule has 0 fully saturated rings. The monoisotopic (exact) mass is 456 g/mol. The number of carbonyl (C=O) groups excluding carboxylic acids is 1. The third-order valence-corrected chi connectivity index (χ3v) is 6.62. The van der Waals surface area contributed by atoms with E-state index >= 15 is 0 Å². The second-order valence-electron chi connectivity index (χ2n) is 7.10. The van der Waals surface area contributed by atoms with Crippen LogP contribution in [-0.4, -0.2) is 40.1 Å². The topological polar surface area (TPSA) is 84.9 Å². The maximum atomic E-state index is 13.4. The molecule has 7 nitrogen and oxygen atoms in total. The summed E-state index contributed by atoms with van der Waals surface area (Å²) in [6.07, 6.45) is -0.418. The summed E-state index contributed by atoms with van der Waals surface area (Å²) in [5, 5.41) is 2.69. The van der Waals surface area contributed by atoms with Crippen LogP contribution in [0.15, 0.2) is 83.8 Å². The highest BCUT2D eigenvalue weighted by molar-refractivity contribution is 7.92. The van der Waals surface area contributed by atoms with Crippen molar-refractivity contribution in [2.75, 3.05) is 24.0 Å². The van der Waals surface area contributed by atoms with E-state index in [2.05, 4.69) is 5.32 Å². The third-order valence-electron chi connectivity index (χ3n) is 4.83. The minimum absolute atomic E-state index is 0.0257. The molecule has 4 rings (SSSR count). The highest BCUT2D eigenvalue weighted by atomic mass is 32.2. The molecule has 0 radical (unpaired) electrons. The van der Waals surface area contributed by atoms with Crippen molar-refractivity contribution in [1.82, 2.24) is 5.32 Å². The largest absolute Gasteiger partial charge is 0.486 e. The molecule has 9 heteroatoms. The number of carbonyl (C=O) groups is 1. The summed E-state index contributed by atoms with van der Waals surface area (Å²) in [5.41, 5.74) is 0.177. The third kappa shape index (κ3) is 4.83. The van der Waals surface area contributed by atoms with E-state index < -0.39 is 34.4 Å². The lowest BCUT2D eigenvalue weighted by molar-refractivity contribution is -0.120. The van der Waals surface area contributed by atoms with E-state index in [1.807, 2.05) is 12.1 Å². The van der Waals surface area contributed by atoms with E-state index in [-0.39, 0.29) is 23.7 Å². The average molecular weight is 456 g/mol. The number of benzene rings is 3. The molecule has 1 heterocycles. The quantitative estimate of drug-likeness (QED) is 0.591. The Kier molecular flexibility index (Phi) is 6.27. The molecule has 0 aliphatic carbocycles. The van der Waals surface area contributed by atoms with Crippen LogP contribution in [0.5, 0.6) is 11.5 Å². The number of hydrogen-bond acceptors (Lipinski definition) is 5. The molecule has 1 amide bonds. The highest BCUT2D eigenvalue weighted by Gasteiger charge is 2.28. The van der Waals surface area contributed by atoms with Gasteiger partial charge in [-0.1, -0.05) is 30.3 Å². The first-order valence-electron chi connectivity index (χ1n) is 9.92. The van der Waals surface area contributed by atoms with Crippen molar-refractivity contribution in [3.05, 3.63) is 84.7 Å². The van der Waals surface area contributed by atoms with Gasteiger partial charge in [0.05, 0.1) is 17.1 Å². The average Bonchev–Trinajstić information content (AvgIpc) is 2.82. The number of nitrogens with zero attached hydrogens (tertiary/aromatic N) is 1. The van der Waals surface area contributed by atoms with Gasteiger partial charge in [-0.3, -0.25) is 9.10 Å². The molecule has 1 aliphatic heterocycles. The molecule has 3 aromatic rings. The van der Waals surface area contributed by atoms with E-state index in [4.69, 9.17) is 9.47 Å². The van der Waals surface area contributed by atoms with Crippen LogP contribution in [0.2, 0.25) is 0 Å². The summed E-state index contributed by atoms with van der Waals surface area (Å²) >= 11 is 0. The second-order valence-corrected chi connectivity index (χ2v) is 8.97. The second kappa shape index (κ2) is 9.27. The van der Waals surface area contributed by atoms with E-state index in [0.717, 1.165) is 16.4 Å². The van der Waals surface area contributed by atoms with Crippen LogP contribution < -0.4 is 19.1 Å². The van der Waals surface area contributed by atoms with Gasteiger partial charge in [0, 0.05) is 0 Å². The van der Waals surface area contributed by atoms with Gasteiger partial charge >= 0.3 is 0 Å². The molecule has 1 atom stereocenters. The lowest BCUT2D eigenvalue weighted by atomic mass is 10.2. The van der Waals surface area contributed by atoms with Gasteiger partial charge in [-0.25, -0.2) is 12.8 Å². The van der Waals surface area contributed by atoms with Gasteiger partial charge in [0.15, 0.2) is 11.5 Å². The Bertz CT molecular complexity index is 1190. The summed E-state index contributed by atoms with van der Waals surface area (Å²) in [6, 6.07) is 19.9. The summed E-state index contributed by atoms with van der Waals surface area (Å²) in [5.74, 6) is 0.172. The molecule has 3 aromatic carbocycles. The highest BCUT2D eigenvalue weighted by Crippen LogP contribution is 2.30. The molecule has 0 saturated heterocycles. The molecule has 32 heavy (non-hydrogen) atoms. The minimum atomic E-state index is -4.05. The Hall–Kier alpha value is -3.59. The number of amides is 1. The van der Waals surface area contributed by atoms with Gasteiger partial charge in [-0.05, 0) is 48.5 Å². The molecule has 0 aromatic heterocycles. The summed E-state index contributed by atoms with van der Waals surface area (Å²) < 4.78 is 52.2. The van der Waals surface area contributed by atoms with Crippen molar-refractivity contribution in [3.63, 3.8) is 0 Å². The fraction of sp³-hybridized carbons (Fsp3) is 0.174. The van der Waals surface area contributed by atoms with Crippen molar-refractivity contribution in [2.24, 2.45) is 0 Å². The van der Waals surface area contributed by atoms with Crippen LogP contribution in [0.1, 0.15) is 0 Å². The zero-order chi connectivity index (χ0) is 22.6. The molecule has 0 unspecified atom stereocenters. The fourth-order valence-electron chi connectivity index (χ4n) is 3.22. The number of ether oxygens (including phenoxy) is 2. The molecular weight excluding hydrogens is 435 g/mol. The van der Waals surface area contributed by atoms with E-state index in [1.54, 1.807) is 30.3 Å². The zero-order valence-electron chi connectivity index (χ0n) is 17.0. The first-order valence-corrected chi connectivity index (χ1v) is 11.4. The number of fused-ring (bicyclic) bond motifs is 1. The van der Waals surface area contributed by atoms with Crippen LogP contribution >= 0.6 is 0 Å². The smallest absolute Gasteiger partial charge is 0.264 e. The van der Waals surface area contributed by atoms with Crippen molar-refractivity contribution in [2.45, 2.75) is 11.0 Å². The Morgan fingerprint density at radius 2 is 1.62 bits per heavy atom. The minimum Gasteiger partial charge on any atom is -0.486 e. The van der Waals surface area contributed by atoms with E-state index in [9.17, 15) is 17.6 Å². The standard InChI is InChI=1S/C23H21FN2O5S/c24-17-10-12-18(13-11-17)26(32(28,29)20-6-2-1-3-7-20)15-23(27)25-14-19-16-30-21-8-4-5-9-22(21)31-19/h1-13,19H,14-16H2,(H,25,27)/t19-/m0/s1. The van der Waals surface area contributed by atoms with E-state index in [1.165, 1.54) is 24.3 Å². The number of hydrogen-bond donors (Lipinski definition) is 1. The molecule has 0 spiro atoms. The van der Waals surface area contributed by atoms with Crippen LogP contribution in [0.25, 0.3) is 0 Å². The SMILES string of the molecule is O=C(CN(c1ccc(F)cc1)S(=O)(=O)c1ccccc1)NC[C@H]1COc2ccccc2O1. The Morgan fingerprint density at radius 3 is 2.34 bits per heavy atom. The van der Waals surface area contributed by atoms with Crippen LogP contribution in [-0.2, 0) is 14.8 Å². The number of halogens is 1. The Labute approximate surface area is 185 Å². The van der Waals surface area contributed by atoms with E-state index in [0.29, 0.717) is 11.5 Å². The van der Waals surface area contributed by atoms with Gasteiger partial charge in [0.1, 0.15) is 25.1 Å². The maximum Gasteiger partial charge on any atom is 0.264 e. The maximum absolute atomic E-state index is 13.4. The van der Waals surface area contributed by atoms with Gasteiger partial charge in [0.25, 0.3) is 10.0 Å². The Balaban J connectivity index is 1.47. The molecule has 166 valence electrons. The van der Waals surface area contributed by atoms with Gasteiger partial charge in [-0.2, -0.15) is 0 Å². The first-order chi connectivity index (χ1) is 15.4. The molecule has 0 saturated carbocycles. The number of para-hydroxylation sites is 2. The van der Waals surface area contributed by atoms with Crippen LogP contribution in [0.3, 0.4) is 0 Å². The molecule has 1 N–H and O–H groups in total. The summed E-state index contributed by atoms with van der Waals surface area (Å²) in [7, 11) is -4.05. The number of anilines is 1. The van der Waals surface area contributed by atoms with Gasteiger partial charge < -0.3 is 14.8 Å². The van der Waals surface area contributed by atoms with Crippen molar-refractivity contribution < 1.29 is 27.1 Å². The molecule has 0 bridgehead atoms. The lowest BCUT2D eigenvalue weighted by Crippen LogP contribution is -2.45. The summed E-state index contributed by atoms with van der Waals surface area (Å²) in [6.45, 7) is -0.0931. The Morgan fingerprint density at radius 1 is 0.969 bits per heavy atom. The van der Waals surface area contributed by atoms with Crippen molar-refractivity contribution in [3.8, 4) is 11.5 Å².